The van der Waals surface area contributed by atoms with E-state index in [9.17, 15) is 23.9 Å². The van der Waals surface area contributed by atoms with Crippen molar-refractivity contribution in [1.29, 1.82) is 0 Å². The third kappa shape index (κ3) is 4.13. The average molecular weight is 545 g/mol. The lowest BCUT2D eigenvalue weighted by atomic mass is 9.94. The quantitative estimate of drug-likeness (QED) is 0.164. The van der Waals surface area contributed by atoms with Crippen molar-refractivity contribution in [2.24, 2.45) is 0 Å². The Morgan fingerprint density at radius 2 is 1.85 bits per heavy atom. The minimum absolute atomic E-state index is 0.0137. The fourth-order valence-electron chi connectivity index (χ4n) is 4.98. The first-order valence-corrected chi connectivity index (χ1v) is 12.9. The molecule has 0 aliphatic carbocycles. The molecule has 1 aromatic heterocycles. The molecule has 0 unspecified atom stereocenters. The maximum Gasteiger partial charge on any atom is 0.337 e. The zero-order chi connectivity index (χ0) is 27.4. The number of aliphatic hydroxyl groups is 1. The van der Waals surface area contributed by atoms with Gasteiger partial charge in [-0.2, -0.15) is 0 Å². The van der Waals surface area contributed by atoms with Gasteiger partial charge in [-0.3, -0.25) is 14.5 Å². The molecular weight excluding hydrogens is 523 g/mol. The first-order chi connectivity index (χ1) is 18.7. The molecule has 0 spiro atoms. The summed E-state index contributed by atoms with van der Waals surface area (Å²) in [5.41, 5.74) is 2.34. The Labute approximate surface area is 225 Å². The molecule has 1 saturated heterocycles. The number of carbonyl (C=O) groups is 3. The number of aliphatic hydroxyl groups excluding tert-OH is 1. The number of esters is 1. The molecular formula is C29H21FN2O6S. The van der Waals surface area contributed by atoms with Crippen LogP contribution in [0.25, 0.3) is 16.0 Å². The molecule has 0 radical (unpaired) electrons. The lowest BCUT2D eigenvalue weighted by molar-refractivity contribution is -0.132. The van der Waals surface area contributed by atoms with Gasteiger partial charge in [-0.25, -0.2) is 14.2 Å². The number of hydrogen-bond donors (Lipinski definition) is 1. The lowest BCUT2D eigenvalue weighted by Gasteiger charge is -2.23. The molecule has 2 atom stereocenters. The third-order valence-corrected chi connectivity index (χ3v) is 7.82. The van der Waals surface area contributed by atoms with Gasteiger partial charge in [-0.15, -0.1) is 0 Å². The highest BCUT2D eigenvalue weighted by Gasteiger charge is 2.48. The van der Waals surface area contributed by atoms with Crippen LogP contribution in [0, 0.1) is 5.82 Å². The van der Waals surface area contributed by atoms with Crippen LogP contribution < -0.4 is 9.64 Å². The number of fused-ring (bicyclic) bond motifs is 2. The van der Waals surface area contributed by atoms with Crippen molar-refractivity contribution in [2.75, 3.05) is 12.0 Å². The van der Waals surface area contributed by atoms with Gasteiger partial charge < -0.3 is 14.6 Å². The van der Waals surface area contributed by atoms with E-state index < -0.39 is 29.5 Å². The van der Waals surface area contributed by atoms with Gasteiger partial charge >= 0.3 is 11.9 Å². The Balaban J connectivity index is 1.52. The van der Waals surface area contributed by atoms with Crippen LogP contribution in [0.2, 0.25) is 0 Å². The number of benzene rings is 3. The van der Waals surface area contributed by atoms with E-state index in [0.29, 0.717) is 33.5 Å². The summed E-state index contributed by atoms with van der Waals surface area (Å²) >= 11 is 1.06. The fraction of sp³-hybridized carbons (Fsp3) is 0.172. The van der Waals surface area contributed by atoms with E-state index in [1.807, 2.05) is 6.92 Å². The van der Waals surface area contributed by atoms with Gasteiger partial charge in [0.25, 0.3) is 5.78 Å². The van der Waals surface area contributed by atoms with Gasteiger partial charge in [0.2, 0.25) is 0 Å². The molecule has 1 amide bonds. The van der Waals surface area contributed by atoms with Crippen LogP contribution in [-0.2, 0) is 20.7 Å². The summed E-state index contributed by atoms with van der Waals surface area (Å²) in [7, 11) is 1.27. The van der Waals surface area contributed by atoms with Gasteiger partial charge in [0.15, 0.2) is 5.13 Å². The number of rotatable bonds is 4. The third-order valence-electron chi connectivity index (χ3n) is 6.81. The number of carbonyl (C=O) groups excluding carboxylic acids is 3. The smallest absolute Gasteiger partial charge is 0.337 e. The SMILES string of the molecule is COC(=O)c1ccc([C@@H]2/C(=C(\O)c3ccc4c(c3)C[C@H](C)O4)C(=O)C(=O)N2c2nc3ccc(F)cc3s2)cc1. The number of nitrogens with zero attached hydrogens (tertiary/aromatic N) is 2. The Kier molecular flexibility index (Phi) is 5.91. The minimum Gasteiger partial charge on any atom is -0.507 e. The molecule has 2 aliphatic heterocycles. The lowest BCUT2D eigenvalue weighted by Crippen LogP contribution is -2.29. The summed E-state index contributed by atoms with van der Waals surface area (Å²) in [6.45, 7) is 1.94. The monoisotopic (exact) mass is 544 g/mol. The molecule has 3 aromatic carbocycles. The van der Waals surface area contributed by atoms with Crippen LogP contribution >= 0.6 is 11.3 Å². The number of methoxy groups -OCH3 is 1. The molecule has 1 fully saturated rings. The maximum atomic E-state index is 13.9. The molecule has 3 heterocycles. The maximum absolute atomic E-state index is 13.9. The summed E-state index contributed by atoms with van der Waals surface area (Å²) in [6, 6.07) is 14.3. The van der Waals surface area contributed by atoms with E-state index in [0.717, 1.165) is 16.9 Å². The zero-order valence-electron chi connectivity index (χ0n) is 20.8. The number of Topliss-reactive ketones (excluding diaryl/α,β-unsaturated/α-hetero) is 1. The molecule has 6 rings (SSSR count). The Bertz CT molecular complexity index is 1710. The summed E-state index contributed by atoms with van der Waals surface area (Å²) in [4.78, 5) is 44.6. The van der Waals surface area contributed by atoms with Gasteiger partial charge in [-0.05, 0) is 66.6 Å². The van der Waals surface area contributed by atoms with E-state index in [1.54, 1.807) is 30.3 Å². The number of halogens is 1. The Hall–Kier alpha value is -4.57. The fourth-order valence-corrected chi connectivity index (χ4v) is 6.00. The number of ketones is 1. The summed E-state index contributed by atoms with van der Waals surface area (Å²) in [5.74, 6) is -2.40. The van der Waals surface area contributed by atoms with Crippen molar-refractivity contribution >= 4 is 50.1 Å². The molecule has 4 aromatic rings. The standard InChI is InChI=1S/C29H21FN2O6S/c1-14-11-18-12-17(7-10-21(18)38-14)25(33)23-24(15-3-5-16(6-4-15)28(36)37-2)32(27(35)26(23)34)29-31-20-9-8-19(30)13-22(20)39-29/h3-10,12-14,24,33H,11H2,1-2H3/b25-23+/t14-,24+/m0/s1. The molecule has 10 heteroatoms. The molecule has 196 valence electrons. The number of aromatic nitrogens is 1. The first-order valence-electron chi connectivity index (χ1n) is 12.1. The number of thiazole rings is 1. The first kappa shape index (κ1) is 24.7. The molecule has 8 nitrogen and oxygen atoms in total. The predicted octanol–water partition coefficient (Wildman–Crippen LogP) is 5.17. The van der Waals surface area contributed by atoms with E-state index in [2.05, 4.69) is 4.98 Å². The molecule has 0 saturated carbocycles. The number of hydrogen-bond acceptors (Lipinski definition) is 8. The number of ether oxygens (including phenoxy) is 2. The number of anilines is 1. The van der Waals surface area contributed by atoms with Gasteiger partial charge in [0, 0.05) is 12.0 Å². The molecule has 1 N–H and O–H groups in total. The minimum atomic E-state index is -1.05. The predicted molar refractivity (Wildman–Crippen MR) is 142 cm³/mol. The van der Waals surface area contributed by atoms with Crippen LogP contribution in [0.1, 0.15) is 40.0 Å². The second-order valence-electron chi connectivity index (χ2n) is 9.35. The van der Waals surface area contributed by atoms with Crippen molar-refractivity contribution in [3.05, 3.63) is 94.3 Å². The summed E-state index contributed by atoms with van der Waals surface area (Å²) in [6.07, 6.45) is 0.631. The highest BCUT2D eigenvalue weighted by Crippen LogP contribution is 2.45. The molecule has 2 aliphatic rings. The van der Waals surface area contributed by atoms with Crippen LogP contribution in [0.4, 0.5) is 9.52 Å². The normalized spacial score (nSPS) is 19.8. The Morgan fingerprint density at radius 1 is 1.10 bits per heavy atom. The Morgan fingerprint density at radius 3 is 2.59 bits per heavy atom. The van der Waals surface area contributed by atoms with Crippen LogP contribution in [0.5, 0.6) is 5.75 Å². The van der Waals surface area contributed by atoms with Crippen LogP contribution in [0.3, 0.4) is 0 Å². The highest BCUT2D eigenvalue weighted by atomic mass is 32.1. The highest BCUT2D eigenvalue weighted by molar-refractivity contribution is 7.22. The van der Waals surface area contributed by atoms with Gasteiger partial charge in [-0.1, -0.05) is 23.5 Å². The second-order valence-corrected chi connectivity index (χ2v) is 10.4. The van der Waals surface area contributed by atoms with Crippen LogP contribution in [0.15, 0.2) is 66.2 Å². The average Bonchev–Trinajstić information content (AvgIpc) is 3.59. The molecule has 0 bridgehead atoms. The van der Waals surface area contributed by atoms with Gasteiger partial charge in [0.1, 0.15) is 23.4 Å². The van der Waals surface area contributed by atoms with E-state index in [-0.39, 0.29) is 28.1 Å². The van der Waals surface area contributed by atoms with E-state index in [1.165, 1.54) is 42.3 Å². The van der Waals surface area contributed by atoms with Crippen molar-refractivity contribution in [2.45, 2.75) is 25.5 Å². The van der Waals surface area contributed by atoms with Crippen molar-refractivity contribution in [3.8, 4) is 5.75 Å². The summed E-state index contributed by atoms with van der Waals surface area (Å²) < 4.78 is 24.9. The zero-order valence-corrected chi connectivity index (χ0v) is 21.6. The van der Waals surface area contributed by atoms with Crippen LogP contribution in [-0.4, -0.2) is 41.0 Å². The topological polar surface area (TPSA) is 106 Å². The van der Waals surface area contributed by atoms with Crippen molar-refractivity contribution < 1.29 is 33.4 Å². The number of amides is 1. The largest absolute Gasteiger partial charge is 0.507 e. The molecule has 39 heavy (non-hydrogen) atoms. The van der Waals surface area contributed by atoms with Gasteiger partial charge in [0.05, 0.1) is 34.5 Å². The summed E-state index contributed by atoms with van der Waals surface area (Å²) in [5, 5.41) is 11.6. The second kappa shape index (κ2) is 9.32. The van der Waals surface area contributed by atoms with Crippen molar-refractivity contribution in [1.82, 2.24) is 4.98 Å². The van der Waals surface area contributed by atoms with E-state index in [4.69, 9.17) is 9.47 Å². The van der Waals surface area contributed by atoms with Crippen molar-refractivity contribution in [3.63, 3.8) is 0 Å². The van der Waals surface area contributed by atoms with E-state index >= 15 is 0 Å².